The van der Waals surface area contributed by atoms with Crippen molar-refractivity contribution in [2.24, 2.45) is 19.1 Å². The summed E-state index contributed by atoms with van der Waals surface area (Å²) < 4.78 is 4.15. The van der Waals surface area contributed by atoms with E-state index in [2.05, 4.69) is 103 Å². The summed E-state index contributed by atoms with van der Waals surface area (Å²) in [5.74, 6) is 0.828. The quantitative estimate of drug-likeness (QED) is 0.222. The molecule has 0 saturated heterocycles. The standard InChI is InChI=1S/C30H35N5S/c1-8-28(31-5)32-29-18-23(14-15-34(29)6)22-12-13-27-25(17-22)26(19-35(27)7)21(3)33-30(4,36)24-11-9-10-20(2)16-24/h8-19,31,33,36H,3H2,1-2,4-7H3/b28-8?,32-29-. The zero-order chi connectivity index (χ0) is 26.0. The SMILES string of the molecule is C=C(NC(C)(S)c1cccc(C)c1)c1cn(C)c2ccc(-c3ccn(C)/c(=N\C(=CC)NC)c3)cc12. The summed E-state index contributed by atoms with van der Waals surface area (Å²) in [6, 6.07) is 19.2. The summed E-state index contributed by atoms with van der Waals surface area (Å²) in [5, 5.41) is 7.82. The predicted octanol–water partition coefficient (Wildman–Crippen LogP) is 5.84. The van der Waals surface area contributed by atoms with Crippen LogP contribution in [0.3, 0.4) is 0 Å². The lowest BCUT2D eigenvalue weighted by Crippen LogP contribution is -2.32. The van der Waals surface area contributed by atoms with Gasteiger partial charge in [0.2, 0.25) is 0 Å². The molecule has 1 unspecified atom stereocenters. The highest BCUT2D eigenvalue weighted by Gasteiger charge is 2.23. The van der Waals surface area contributed by atoms with Gasteiger partial charge in [0, 0.05) is 55.7 Å². The van der Waals surface area contributed by atoms with Crippen molar-refractivity contribution in [1.29, 1.82) is 0 Å². The fourth-order valence-corrected chi connectivity index (χ4v) is 4.70. The summed E-state index contributed by atoms with van der Waals surface area (Å²) in [5.41, 5.74) is 8.44. The Morgan fingerprint density at radius 1 is 1.06 bits per heavy atom. The number of hydrogen-bond acceptors (Lipinski definition) is 4. The van der Waals surface area contributed by atoms with Crippen molar-refractivity contribution in [3.8, 4) is 11.1 Å². The normalized spacial score (nSPS) is 14.1. The van der Waals surface area contributed by atoms with Crippen molar-refractivity contribution in [2.75, 3.05) is 7.05 Å². The summed E-state index contributed by atoms with van der Waals surface area (Å²) in [4.78, 5) is 4.18. The molecule has 4 aromatic rings. The van der Waals surface area contributed by atoms with Gasteiger partial charge in [-0.15, -0.1) is 12.6 Å². The molecule has 6 heteroatoms. The largest absolute Gasteiger partial charge is 0.373 e. The first kappa shape index (κ1) is 25.5. The van der Waals surface area contributed by atoms with Crippen molar-refractivity contribution in [2.45, 2.75) is 25.6 Å². The molecule has 0 aliphatic rings. The van der Waals surface area contributed by atoms with E-state index in [-0.39, 0.29) is 0 Å². The molecule has 0 aliphatic carbocycles. The fourth-order valence-electron chi connectivity index (χ4n) is 4.43. The maximum Gasteiger partial charge on any atom is 0.135 e. The third kappa shape index (κ3) is 5.14. The minimum absolute atomic E-state index is 0.564. The van der Waals surface area contributed by atoms with Crippen LogP contribution in [-0.2, 0) is 19.0 Å². The zero-order valence-electron chi connectivity index (χ0n) is 21.9. The predicted molar refractivity (Wildman–Crippen MR) is 155 cm³/mol. The number of rotatable bonds is 7. The molecular weight excluding hydrogens is 462 g/mol. The Morgan fingerprint density at radius 2 is 1.81 bits per heavy atom. The van der Waals surface area contributed by atoms with Crippen LogP contribution in [0.4, 0.5) is 0 Å². The van der Waals surface area contributed by atoms with E-state index in [0.29, 0.717) is 0 Å². The minimum Gasteiger partial charge on any atom is -0.373 e. The maximum atomic E-state index is 4.95. The Morgan fingerprint density at radius 3 is 2.50 bits per heavy atom. The van der Waals surface area contributed by atoms with E-state index in [9.17, 15) is 0 Å². The fraction of sp³-hybridized carbons (Fsp3) is 0.233. The highest BCUT2D eigenvalue weighted by atomic mass is 32.1. The Hall–Kier alpha value is -3.64. The average Bonchev–Trinajstić information content (AvgIpc) is 3.19. The van der Waals surface area contributed by atoms with E-state index in [1.165, 1.54) is 5.56 Å². The molecule has 0 saturated carbocycles. The van der Waals surface area contributed by atoms with Crippen LogP contribution in [0.25, 0.3) is 27.7 Å². The molecule has 186 valence electrons. The molecule has 2 aromatic heterocycles. The zero-order valence-corrected chi connectivity index (χ0v) is 22.8. The van der Waals surface area contributed by atoms with Crippen LogP contribution < -0.4 is 16.1 Å². The molecule has 0 bridgehead atoms. The van der Waals surface area contributed by atoms with Gasteiger partial charge in [0.05, 0.1) is 0 Å². The highest BCUT2D eigenvalue weighted by molar-refractivity contribution is 7.81. The Kier molecular flexibility index (Phi) is 7.18. The molecule has 36 heavy (non-hydrogen) atoms. The second kappa shape index (κ2) is 10.2. The number of fused-ring (bicyclic) bond motifs is 1. The topological polar surface area (TPSA) is 46.3 Å². The van der Waals surface area contributed by atoms with Gasteiger partial charge in [0.15, 0.2) is 0 Å². The Bertz CT molecular complexity index is 1530. The summed E-state index contributed by atoms with van der Waals surface area (Å²) in [6.07, 6.45) is 6.13. The molecular formula is C30H35N5S. The first-order valence-corrected chi connectivity index (χ1v) is 12.5. The monoisotopic (exact) mass is 497 g/mol. The first-order valence-electron chi connectivity index (χ1n) is 12.0. The molecule has 1 atom stereocenters. The average molecular weight is 498 g/mol. The Balaban J connectivity index is 1.74. The molecule has 0 aliphatic heterocycles. The minimum atomic E-state index is -0.564. The molecule has 4 rings (SSSR count). The molecule has 5 nitrogen and oxygen atoms in total. The third-order valence-corrected chi connectivity index (χ3v) is 6.88. The number of nitrogens with zero attached hydrogens (tertiary/aromatic N) is 3. The summed E-state index contributed by atoms with van der Waals surface area (Å²) >= 11 is 4.95. The lowest BCUT2D eigenvalue weighted by atomic mass is 10.0. The van der Waals surface area contributed by atoms with Gasteiger partial charge in [-0.3, -0.25) is 0 Å². The molecule has 2 heterocycles. The van der Waals surface area contributed by atoms with Gasteiger partial charge < -0.3 is 19.8 Å². The van der Waals surface area contributed by atoms with E-state index in [4.69, 9.17) is 17.6 Å². The Labute approximate surface area is 219 Å². The number of hydrogen-bond donors (Lipinski definition) is 3. The van der Waals surface area contributed by atoms with Crippen LogP contribution in [0.5, 0.6) is 0 Å². The van der Waals surface area contributed by atoms with E-state index in [1.807, 2.05) is 37.9 Å². The number of aromatic nitrogens is 2. The van der Waals surface area contributed by atoms with Gasteiger partial charge >= 0.3 is 0 Å². The number of thiol groups is 1. The lowest BCUT2D eigenvalue weighted by molar-refractivity contribution is 0.638. The van der Waals surface area contributed by atoms with Crippen LogP contribution in [0.2, 0.25) is 0 Å². The first-order chi connectivity index (χ1) is 17.1. The van der Waals surface area contributed by atoms with Crippen LogP contribution in [0, 0.1) is 6.92 Å². The van der Waals surface area contributed by atoms with E-state index >= 15 is 0 Å². The smallest absolute Gasteiger partial charge is 0.135 e. The van der Waals surface area contributed by atoms with Crippen molar-refractivity contribution in [1.82, 2.24) is 19.8 Å². The number of pyridine rings is 1. The van der Waals surface area contributed by atoms with E-state index in [0.717, 1.165) is 50.2 Å². The number of aryl methyl sites for hydroxylation is 3. The van der Waals surface area contributed by atoms with Gasteiger partial charge in [-0.1, -0.05) is 42.5 Å². The molecule has 2 aromatic carbocycles. The van der Waals surface area contributed by atoms with Gasteiger partial charge in [0.25, 0.3) is 0 Å². The molecule has 2 N–H and O–H groups in total. The molecule has 0 amide bonds. The second-order valence-corrected chi connectivity index (χ2v) is 10.2. The van der Waals surface area contributed by atoms with Crippen LogP contribution in [-0.4, -0.2) is 16.2 Å². The van der Waals surface area contributed by atoms with Crippen LogP contribution >= 0.6 is 12.6 Å². The van der Waals surface area contributed by atoms with Gasteiger partial charge in [-0.2, -0.15) is 0 Å². The maximum absolute atomic E-state index is 4.95. The lowest BCUT2D eigenvalue weighted by Gasteiger charge is -2.28. The second-order valence-electron chi connectivity index (χ2n) is 9.35. The molecule has 0 radical (unpaired) electrons. The van der Waals surface area contributed by atoms with Gasteiger partial charge in [-0.25, -0.2) is 4.99 Å². The van der Waals surface area contributed by atoms with Crippen molar-refractivity contribution in [3.05, 3.63) is 108 Å². The number of allylic oxidation sites excluding steroid dienone is 1. The van der Waals surface area contributed by atoms with Crippen LogP contribution in [0.15, 0.2) is 90.5 Å². The van der Waals surface area contributed by atoms with E-state index < -0.39 is 4.87 Å². The molecule has 0 spiro atoms. The van der Waals surface area contributed by atoms with Crippen molar-refractivity contribution in [3.63, 3.8) is 0 Å². The number of nitrogens with one attached hydrogen (secondary N) is 2. The van der Waals surface area contributed by atoms with E-state index in [1.54, 1.807) is 0 Å². The number of benzene rings is 2. The third-order valence-electron chi connectivity index (χ3n) is 6.51. The summed E-state index contributed by atoms with van der Waals surface area (Å²) in [7, 11) is 5.95. The van der Waals surface area contributed by atoms with Gasteiger partial charge in [0.1, 0.15) is 16.2 Å². The van der Waals surface area contributed by atoms with Gasteiger partial charge in [-0.05, 0) is 67.8 Å². The molecule has 0 fully saturated rings. The highest BCUT2D eigenvalue weighted by Crippen LogP contribution is 2.33. The van der Waals surface area contributed by atoms with Crippen molar-refractivity contribution < 1.29 is 0 Å². The van der Waals surface area contributed by atoms with Crippen molar-refractivity contribution >= 4 is 29.2 Å². The van der Waals surface area contributed by atoms with Crippen LogP contribution in [0.1, 0.15) is 30.5 Å². The summed E-state index contributed by atoms with van der Waals surface area (Å²) in [6.45, 7) is 10.5.